The number of sulfonamides is 1. The maximum Gasteiger partial charge on any atom is 0.227 e. The number of nitrogens with one attached hydrogen (secondary N) is 1. The lowest BCUT2D eigenvalue weighted by Gasteiger charge is -2.30. The number of nitrogens with zero attached hydrogens (tertiary/aromatic N) is 1. The van der Waals surface area contributed by atoms with E-state index < -0.39 is 10.0 Å². The van der Waals surface area contributed by atoms with E-state index in [2.05, 4.69) is 5.32 Å². The number of hydrogen-bond acceptors (Lipinski definition) is 3. The number of aryl methyl sites for hydroxylation is 1. The summed E-state index contributed by atoms with van der Waals surface area (Å²) in [7, 11) is -3.50. The number of piperidine rings is 1. The fraction of sp³-hybridized carbons (Fsp3) is 0.350. The highest BCUT2D eigenvalue weighted by Gasteiger charge is 2.31. The summed E-state index contributed by atoms with van der Waals surface area (Å²) in [5, 5.41) is 4.16. The van der Waals surface area contributed by atoms with E-state index in [1.807, 2.05) is 13.0 Å². The molecule has 2 aromatic carbocycles. The molecule has 1 amide bonds. The molecule has 1 heterocycles. The summed E-state index contributed by atoms with van der Waals surface area (Å²) in [5.74, 6) is -0.513. The highest BCUT2D eigenvalue weighted by molar-refractivity contribution is 7.88. The fourth-order valence-electron chi connectivity index (χ4n) is 3.24. The lowest BCUT2D eigenvalue weighted by atomic mass is 9.97. The van der Waals surface area contributed by atoms with Gasteiger partial charge in [-0.1, -0.05) is 46.9 Å². The van der Waals surface area contributed by atoms with Crippen LogP contribution in [-0.2, 0) is 20.6 Å². The minimum atomic E-state index is -3.50. The lowest BCUT2D eigenvalue weighted by molar-refractivity contribution is -0.120. The molecule has 0 spiro atoms. The molecule has 1 N–H and O–H groups in total. The number of carbonyl (C=O) groups excluding carboxylic acids is 1. The summed E-state index contributed by atoms with van der Waals surface area (Å²) in [4.78, 5) is 12.5. The molecule has 1 fully saturated rings. The summed E-state index contributed by atoms with van der Waals surface area (Å²) in [6.45, 7) is 2.49. The van der Waals surface area contributed by atoms with Crippen LogP contribution in [0.3, 0.4) is 0 Å². The number of benzene rings is 2. The maximum absolute atomic E-state index is 12.7. The third-order valence-electron chi connectivity index (χ3n) is 4.99. The van der Waals surface area contributed by atoms with Crippen molar-refractivity contribution in [2.24, 2.45) is 5.92 Å². The summed E-state index contributed by atoms with van der Waals surface area (Å²) in [6.07, 6.45) is 0.929. The molecule has 0 saturated carbocycles. The van der Waals surface area contributed by atoms with Crippen LogP contribution in [0.15, 0.2) is 36.4 Å². The Bertz CT molecular complexity index is 1020. The van der Waals surface area contributed by atoms with Gasteiger partial charge in [-0.05, 0) is 55.2 Å². The second-order valence-electron chi connectivity index (χ2n) is 7.13. The van der Waals surface area contributed by atoms with Crippen LogP contribution in [0, 0.1) is 12.8 Å². The number of amides is 1. The first-order chi connectivity index (χ1) is 13.7. The molecule has 9 heteroatoms. The third-order valence-corrected chi connectivity index (χ3v) is 7.99. The molecule has 2 aromatic rings. The van der Waals surface area contributed by atoms with Gasteiger partial charge in [0.2, 0.25) is 15.9 Å². The zero-order chi connectivity index (χ0) is 21.2. The summed E-state index contributed by atoms with van der Waals surface area (Å²) in [5.41, 5.74) is 2.15. The highest BCUT2D eigenvalue weighted by atomic mass is 35.5. The molecule has 1 aliphatic rings. The first-order valence-corrected chi connectivity index (χ1v) is 11.9. The van der Waals surface area contributed by atoms with Crippen molar-refractivity contribution < 1.29 is 13.2 Å². The molecular formula is C20H21Cl3N2O3S. The van der Waals surface area contributed by atoms with Gasteiger partial charge in [0.05, 0.1) is 15.8 Å². The summed E-state index contributed by atoms with van der Waals surface area (Å²) >= 11 is 18.0. The van der Waals surface area contributed by atoms with Crippen molar-refractivity contribution in [2.75, 3.05) is 18.4 Å². The van der Waals surface area contributed by atoms with E-state index in [0.29, 0.717) is 52.2 Å². The van der Waals surface area contributed by atoms with Crippen molar-refractivity contribution in [3.8, 4) is 0 Å². The Morgan fingerprint density at radius 1 is 1.03 bits per heavy atom. The predicted molar refractivity (Wildman–Crippen MR) is 118 cm³/mol. The maximum atomic E-state index is 12.7. The van der Waals surface area contributed by atoms with E-state index >= 15 is 0 Å². The van der Waals surface area contributed by atoms with E-state index in [0.717, 1.165) is 5.56 Å². The van der Waals surface area contributed by atoms with Crippen molar-refractivity contribution >= 4 is 56.4 Å². The predicted octanol–water partition coefficient (Wildman–Crippen LogP) is 5.14. The minimum absolute atomic E-state index is 0.119. The molecule has 3 rings (SSSR count). The van der Waals surface area contributed by atoms with Crippen LogP contribution in [0.2, 0.25) is 15.1 Å². The Labute approximate surface area is 186 Å². The van der Waals surface area contributed by atoms with Crippen LogP contribution in [0.1, 0.15) is 24.0 Å². The molecule has 0 radical (unpaired) electrons. The Balaban J connectivity index is 1.57. The molecule has 1 saturated heterocycles. The average molecular weight is 476 g/mol. The summed E-state index contributed by atoms with van der Waals surface area (Å²) < 4.78 is 26.9. The number of carbonyl (C=O) groups is 1. The Morgan fingerprint density at radius 2 is 1.72 bits per heavy atom. The van der Waals surface area contributed by atoms with Crippen LogP contribution in [0.25, 0.3) is 0 Å². The number of hydrogen-bond donors (Lipinski definition) is 1. The monoisotopic (exact) mass is 474 g/mol. The van der Waals surface area contributed by atoms with Crippen molar-refractivity contribution in [3.05, 3.63) is 62.6 Å². The van der Waals surface area contributed by atoms with Gasteiger partial charge in [-0.2, -0.15) is 0 Å². The zero-order valence-electron chi connectivity index (χ0n) is 15.8. The van der Waals surface area contributed by atoms with E-state index in [9.17, 15) is 13.2 Å². The molecule has 0 aromatic heterocycles. The largest absolute Gasteiger partial charge is 0.326 e. The minimum Gasteiger partial charge on any atom is -0.326 e. The van der Waals surface area contributed by atoms with Gasteiger partial charge >= 0.3 is 0 Å². The number of halogens is 3. The normalized spacial score (nSPS) is 16.0. The number of anilines is 1. The van der Waals surface area contributed by atoms with Gasteiger partial charge in [0.1, 0.15) is 0 Å². The molecule has 0 aliphatic carbocycles. The second kappa shape index (κ2) is 9.23. The van der Waals surface area contributed by atoms with Crippen LogP contribution in [-0.4, -0.2) is 31.7 Å². The average Bonchev–Trinajstić information content (AvgIpc) is 2.67. The van der Waals surface area contributed by atoms with Gasteiger partial charge in [-0.3, -0.25) is 4.79 Å². The number of rotatable bonds is 5. The Kier molecular flexibility index (Phi) is 7.12. The van der Waals surface area contributed by atoms with Crippen LogP contribution in [0.4, 0.5) is 5.69 Å². The molecule has 0 atom stereocenters. The van der Waals surface area contributed by atoms with Gasteiger partial charge in [0.25, 0.3) is 0 Å². The van der Waals surface area contributed by atoms with Crippen LogP contribution in [0.5, 0.6) is 0 Å². The standard InChI is InChI=1S/C20H21Cl3N2O3S/c1-13-2-4-16(11-18(13)22)24-20(26)15-6-8-25(9-7-15)29(27,28)12-14-3-5-17(21)19(23)10-14/h2-5,10-11,15H,6-9,12H2,1H3,(H,24,26). The third kappa shape index (κ3) is 5.64. The van der Waals surface area contributed by atoms with E-state index in [1.54, 1.807) is 30.3 Å². The summed E-state index contributed by atoms with van der Waals surface area (Å²) in [6, 6.07) is 10.2. The fourth-order valence-corrected chi connectivity index (χ4v) is 5.29. The second-order valence-corrected chi connectivity index (χ2v) is 10.3. The van der Waals surface area contributed by atoms with E-state index in [-0.39, 0.29) is 17.6 Å². The van der Waals surface area contributed by atoms with Crippen molar-refractivity contribution in [1.82, 2.24) is 4.31 Å². The van der Waals surface area contributed by atoms with Gasteiger partial charge in [0, 0.05) is 29.7 Å². The molecule has 29 heavy (non-hydrogen) atoms. The first kappa shape index (κ1) is 22.4. The smallest absolute Gasteiger partial charge is 0.227 e. The van der Waals surface area contributed by atoms with Crippen molar-refractivity contribution in [1.29, 1.82) is 0 Å². The molecule has 0 bridgehead atoms. The molecule has 1 aliphatic heterocycles. The SMILES string of the molecule is Cc1ccc(NC(=O)C2CCN(S(=O)(=O)Cc3ccc(Cl)c(Cl)c3)CC2)cc1Cl. The molecule has 156 valence electrons. The first-order valence-electron chi connectivity index (χ1n) is 9.14. The quantitative estimate of drug-likeness (QED) is 0.651. The van der Waals surface area contributed by atoms with Gasteiger partial charge < -0.3 is 5.32 Å². The van der Waals surface area contributed by atoms with Crippen molar-refractivity contribution in [2.45, 2.75) is 25.5 Å². The van der Waals surface area contributed by atoms with Gasteiger partial charge in [-0.15, -0.1) is 0 Å². The zero-order valence-corrected chi connectivity index (χ0v) is 18.9. The molecular weight excluding hydrogens is 455 g/mol. The highest BCUT2D eigenvalue weighted by Crippen LogP contribution is 2.27. The van der Waals surface area contributed by atoms with Gasteiger partial charge in [0.15, 0.2) is 0 Å². The Hall–Kier alpha value is -1.31. The molecule has 0 unspecified atom stereocenters. The van der Waals surface area contributed by atoms with E-state index in [1.165, 1.54) is 4.31 Å². The Morgan fingerprint density at radius 3 is 2.34 bits per heavy atom. The topological polar surface area (TPSA) is 66.5 Å². The van der Waals surface area contributed by atoms with E-state index in [4.69, 9.17) is 34.8 Å². The molecule has 5 nitrogen and oxygen atoms in total. The van der Waals surface area contributed by atoms with Crippen LogP contribution < -0.4 is 5.32 Å². The van der Waals surface area contributed by atoms with Gasteiger partial charge in [-0.25, -0.2) is 12.7 Å². The van der Waals surface area contributed by atoms with Crippen molar-refractivity contribution in [3.63, 3.8) is 0 Å². The lowest BCUT2D eigenvalue weighted by Crippen LogP contribution is -2.41. The van der Waals surface area contributed by atoms with Crippen LogP contribution >= 0.6 is 34.8 Å².